The second kappa shape index (κ2) is 11.6. The minimum atomic E-state index is -0.488. The van der Waals surface area contributed by atoms with Gasteiger partial charge in [-0.15, -0.1) is 0 Å². The number of amides is 1. The monoisotopic (exact) mass is 511 g/mol. The lowest BCUT2D eigenvalue weighted by Crippen LogP contribution is -2.31. The van der Waals surface area contributed by atoms with Crippen molar-refractivity contribution < 1.29 is 13.9 Å². The summed E-state index contributed by atoms with van der Waals surface area (Å²) in [5.74, 6) is 0.210. The molecule has 1 aromatic heterocycles. The fourth-order valence-electron chi connectivity index (χ4n) is 4.95. The second-order valence-electron chi connectivity index (χ2n) is 10.0. The fraction of sp³-hybridized carbons (Fsp3) is 0.448. The molecule has 2 heterocycles. The van der Waals surface area contributed by atoms with E-state index >= 15 is 0 Å². The van der Waals surface area contributed by atoms with E-state index in [4.69, 9.17) is 21.3 Å². The molecule has 1 fully saturated rings. The number of benzene rings is 2. The normalized spacial score (nSPS) is 16.1. The molecule has 1 saturated heterocycles. The summed E-state index contributed by atoms with van der Waals surface area (Å²) in [5, 5.41) is 3.92. The lowest BCUT2D eigenvalue weighted by molar-refractivity contribution is -0.120. The SMILES string of the molecule is Cc1c(CC(=O)NC(C)C)c(-c2ccc(F)c(Cl)c2)nc2ccc(OCCCN3CCC[C@H]3C)cc12. The molecule has 2 aromatic carbocycles. The topological polar surface area (TPSA) is 54.5 Å². The van der Waals surface area contributed by atoms with Gasteiger partial charge in [0, 0.05) is 29.6 Å². The van der Waals surface area contributed by atoms with E-state index in [-0.39, 0.29) is 23.4 Å². The Morgan fingerprint density at radius 1 is 1.28 bits per heavy atom. The summed E-state index contributed by atoms with van der Waals surface area (Å²) >= 11 is 6.08. The summed E-state index contributed by atoms with van der Waals surface area (Å²) in [7, 11) is 0. The van der Waals surface area contributed by atoms with Gasteiger partial charge in [0.05, 0.1) is 29.3 Å². The number of halogens is 2. The van der Waals surface area contributed by atoms with Gasteiger partial charge in [0.2, 0.25) is 5.91 Å². The number of hydrogen-bond acceptors (Lipinski definition) is 4. The van der Waals surface area contributed by atoms with Crippen molar-refractivity contribution in [1.82, 2.24) is 15.2 Å². The molecule has 0 spiro atoms. The first-order valence-corrected chi connectivity index (χ1v) is 13.2. The number of carbonyl (C=O) groups excluding carboxylic acids is 1. The van der Waals surface area contributed by atoms with Crippen LogP contribution in [0.3, 0.4) is 0 Å². The van der Waals surface area contributed by atoms with Crippen LogP contribution in [-0.4, -0.2) is 47.6 Å². The van der Waals surface area contributed by atoms with E-state index in [1.165, 1.54) is 25.5 Å². The average Bonchev–Trinajstić information content (AvgIpc) is 3.24. The van der Waals surface area contributed by atoms with Gasteiger partial charge in [-0.25, -0.2) is 9.37 Å². The molecule has 7 heteroatoms. The summed E-state index contributed by atoms with van der Waals surface area (Å²) < 4.78 is 19.9. The van der Waals surface area contributed by atoms with Crippen LogP contribution >= 0.6 is 11.6 Å². The molecule has 192 valence electrons. The minimum absolute atomic E-state index is 0.0247. The van der Waals surface area contributed by atoms with Crippen LogP contribution in [0, 0.1) is 12.7 Å². The molecule has 4 rings (SSSR count). The number of rotatable bonds is 9. The van der Waals surface area contributed by atoms with E-state index in [9.17, 15) is 9.18 Å². The summed E-state index contributed by atoms with van der Waals surface area (Å²) in [6, 6.07) is 11.1. The van der Waals surface area contributed by atoms with Crippen LogP contribution < -0.4 is 10.1 Å². The highest BCUT2D eigenvalue weighted by molar-refractivity contribution is 6.31. The van der Waals surface area contributed by atoms with Crippen molar-refractivity contribution in [2.24, 2.45) is 0 Å². The molecule has 1 N–H and O–H groups in total. The van der Waals surface area contributed by atoms with Gasteiger partial charge in [0.15, 0.2) is 0 Å². The highest BCUT2D eigenvalue weighted by atomic mass is 35.5. The van der Waals surface area contributed by atoms with E-state index < -0.39 is 5.82 Å². The second-order valence-corrected chi connectivity index (χ2v) is 10.4. The first kappa shape index (κ1) is 26.4. The number of nitrogens with zero attached hydrogens (tertiary/aromatic N) is 2. The lowest BCUT2D eigenvalue weighted by atomic mass is 9.95. The Bertz CT molecular complexity index is 1250. The van der Waals surface area contributed by atoms with Crippen molar-refractivity contribution in [3.05, 3.63) is 58.4 Å². The number of pyridine rings is 1. The van der Waals surface area contributed by atoms with E-state index in [0.717, 1.165) is 40.7 Å². The predicted molar refractivity (Wildman–Crippen MR) is 144 cm³/mol. The Hall–Kier alpha value is -2.70. The van der Waals surface area contributed by atoms with Gasteiger partial charge < -0.3 is 15.0 Å². The van der Waals surface area contributed by atoms with E-state index in [2.05, 4.69) is 17.1 Å². The molecule has 0 radical (unpaired) electrons. The Balaban J connectivity index is 1.62. The van der Waals surface area contributed by atoms with Crippen LogP contribution in [0.1, 0.15) is 51.2 Å². The summed E-state index contributed by atoms with van der Waals surface area (Å²) in [4.78, 5) is 20.1. The summed E-state index contributed by atoms with van der Waals surface area (Å²) in [6.07, 6.45) is 3.70. The summed E-state index contributed by atoms with van der Waals surface area (Å²) in [6.45, 7) is 11.0. The van der Waals surface area contributed by atoms with Gasteiger partial charge in [0.25, 0.3) is 0 Å². The van der Waals surface area contributed by atoms with Gasteiger partial charge >= 0.3 is 0 Å². The maximum Gasteiger partial charge on any atom is 0.224 e. The largest absolute Gasteiger partial charge is 0.494 e. The van der Waals surface area contributed by atoms with Crippen LogP contribution in [0.15, 0.2) is 36.4 Å². The standard InChI is InChI=1S/C29H35ClFN3O2/c1-18(2)32-28(35)17-24-20(4)23-16-22(36-14-6-13-34-12-5-7-19(34)3)9-11-27(23)33-29(24)21-8-10-26(31)25(30)15-21/h8-11,15-16,18-19H,5-7,12-14,17H2,1-4H3,(H,32,35)/t19-/m1/s1. The predicted octanol–water partition coefficient (Wildman–Crippen LogP) is 6.32. The Labute approximate surface area is 218 Å². The number of ether oxygens (including phenoxy) is 1. The maximum absolute atomic E-state index is 13.8. The van der Waals surface area contributed by atoms with Crippen molar-refractivity contribution in [3.63, 3.8) is 0 Å². The van der Waals surface area contributed by atoms with E-state index in [0.29, 0.717) is 23.9 Å². The summed E-state index contributed by atoms with van der Waals surface area (Å²) in [5.41, 5.74) is 3.84. The van der Waals surface area contributed by atoms with Crippen molar-refractivity contribution in [1.29, 1.82) is 0 Å². The number of nitrogens with one attached hydrogen (secondary N) is 1. The van der Waals surface area contributed by atoms with Crippen molar-refractivity contribution >= 4 is 28.4 Å². The highest BCUT2D eigenvalue weighted by Crippen LogP contribution is 2.33. The Kier molecular flexibility index (Phi) is 8.47. The van der Waals surface area contributed by atoms with E-state index in [1.54, 1.807) is 12.1 Å². The van der Waals surface area contributed by atoms with Crippen LogP contribution in [0.25, 0.3) is 22.2 Å². The zero-order valence-corrected chi connectivity index (χ0v) is 22.3. The molecular weight excluding hydrogens is 477 g/mol. The third-order valence-electron chi connectivity index (χ3n) is 6.87. The van der Waals surface area contributed by atoms with Gasteiger partial charge in [-0.2, -0.15) is 0 Å². The zero-order chi connectivity index (χ0) is 25.8. The third kappa shape index (κ3) is 6.16. The van der Waals surface area contributed by atoms with Gasteiger partial charge in [-0.3, -0.25) is 4.79 Å². The number of fused-ring (bicyclic) bond motifs is 1. The first-order chi connectivity index (χ1) is 17.2. The molecule has 3 aromatic rings. The minimum Gasteiger partial charge on any atom is -0.494 e. The molecule has 5 nitrogen and oxygen atoms in total. The van der Waals surface area contributed by atoms with Gasteiger partial charge in [-0.05, 0) is 101 Å². The van der Waals surface area contributed by atoms with Crippen molar-refractivity contribution in [3.8, 4) is 17.0 Å². The molecular formula is C29H35ClFN3O2. The fourth-order valence-corrected chi connectivity index (χ4v) is 5.13. The van der Waals surface area contributed by atoms with E-state index in [1.807, 2.05) is 39.0 Å². The number of hydrogen-bond donors (Lipinski definition) is 1. The van der Waals surface area contributed by atoms with Crippen LogP contribution in [-0.2, 0) is 11.2 Å². The molecule has 1 aliphatic heterocycles. The molecule has 1 amide bonds. The van der Waals surface area contributed by atoms with Gasteiger partial charge in [-0.1, -0.05) is 11.6 Å². The zero-order valence-electron chi connectivity index (χ0n) is 21.5. The highest BCUT2D eigenvalue weighted by Gasteiger charge is 2.20. The number of aryl methyl sites for hydroxylation is 1. The maximum atomic E-state index is 13.8. The Morgan fingerprint density at radius 3 is 2.78 bits per heavy atom. The van der Waals surface area contributed by atoms with Crippen molar-refractivity contribution in [2.45, 2.75) is 65.5 Å². The first-order valence-electron chi connectivity index (χ1n) is 12.8. The quantitative estimate of drug-likeness (QED) is 0.341. The molecule has 0 aliphatic carbocycles. The van der Waals surface area contributed by atoms with Crippen molar-refractivity contribution in [2.75, 3.05) is 19.7 Å². The van der Waals surface area contributed by atoms with Crippen LogP contribution in [0.2, 0.25) is 5.02 Å². The molecule has 1 aliphatic rings. The van der Waals surface area contributed by atoms with Gasteiger partial charge in [0.1, 0.15) is 11.6 Å². The molecule has 0 saturated carbocycles. The average molecular weight is 512 g/mol. The smallest absolute Gasteiger partial charge is 0.224 e. The third-order valence-corrected chi connectivity index (χ3v) is 7.16. The molecule has 0 unspecified atom stereocenters. The van der Waals surface area contributed by atoms with Crippen LogP contribution in [0.5, 0.6) is 5.75 Å². The lowest BCUT2D eigenvalue weighted by Gasteiger charge is -2.20. The number of carbonyl (C=O) groups is 1. The Morgan fingerprint density at radius 2 is 2.08 bits per heavy atom. The van der Waals surface area contributed by atoms with Crippen LogP contribution in [0.4, 0.5) is 4.39 Å². The molecule has 0 bridgehead atoms. The number of likely N-dealkylation sites (tertiary alicyclic amines) is 1. The molecule has 1 atom stereocenters. The molecule has 36 heavy (non-hydrogen) atoms. The number of aromatic nitrogens is 1.